The number of hydrogen-bond donors (Lipinski definition) is 1. The van der Waals surface area contributed by atoms with Crippen LogP contribution in [0, 0.1) is 5.92 Å². The van der Waals surface area contributed by atoms with Crippen LogP contribution in [0.15, 0.2) is 6.33 Å². The molecule has 0 radical (unpaired) electrons. The Bertz CT molecular complexity index is 449. The lowest BCUT2D eigenvalue weighted by Gasteiger charge is -2.37. The van der Waals surface area contributed by atoms with E-state index in [1.165, 1.54) is 32.0 Å². The van der Waals surface area contributed by atoms with Crippen LogP contribution in [-0.4, -0.2) is 29.2 Å². The SMILES string of the molecule is CC(C)Oc1ncnc(N(C)C2CCCCC2C)c1N. The zero-order valence-corrected chi connectivity index (χ0v) is 13.0. The molecule has 2 atom stereocenters. The number of hydrogen-bond acceptors (Lipinski definition) is 5. The molecule has 1 heterocycles. The molecule has 0 aromatic carbocycles. The Labute approximate surface area is 121 Å². The molecule has 2 rings (SSSR count). The zero-order chi connectivity index (χ0) is 14.7. The van der Waals surface area contributed by atoms with E-state index < -0.39 is 0 Å². The lowest BCUT2D eigenvalue weighted by molar-refractivity contribution is 0.233. The van der Waals surface area contributed by atoms with Crippen molar-refractivity contribution in [2.75, 3.05) is 17.7 Å². The first-order chi connectivity index (χ1) is 9.50. The number of rotatable bonds is 4. The molecule has 112 valence electrons. The van der Waals surface area contributed by atoms with E-state index in [1.54, 1.807) is 0 Å². The van der Waals surface area contributed by atoms with Crippen LogP contribution in [0.25, 0.3) is 0 Å². The quantitative estimate of drug-likeness (QED) is 0.917. The normalized spacial score (nSPS) is 22.9. The molecular formula is C15H26N4O. The van der Waals surface area contributed by atoms with Crippen LogP contribution >= 0.6 is 0 Å². The fraction of sp³-hybridized carbons (Fsp3) is 0.733. The minimum Gasteiger partial charge on any atom is -0.473 e. The summed E-state index contributed by atoms with van der Waals surface area (Å²) < 4.78 is 5.65. The zero-order valence-electron chi connectivity index (χ0n) is 13.0. The third kappa shape index (κ3) is 3.14. The van der Waals surface area contributed by atoms with Gasteiger partial charge in [-0.25, -0.2) is 4.98 Å². The fourth-order valence-electron chi connectivity index (χ4n) is 3.00. The molecule has 0 aliphatic heterocycles. The van der Waals surface area contributed by atoms with Gasteiger partial charge in [0.15, 0.2) is 5.82 Å². The predicted octanol–water partition coefficient (Wildman–Crippen LogP) is 2.86. The molecule has 5 nitrogen and oxygen atoms in total. The number of nitrogens with two attached hydrogens (primary N) is 1. The largest absolute Gasteiger partial charge is 0.473 e. The fourth-order valence-corrected chi connectivity index (χ4v) is 3.00. The van der Waals surface area contributed by atoms with Crippen LogP contribution < -0.4 is 15.4 Å². The highest BCUT2D eigenvalue weighted by Crippen LogP contribution is 2.34. The summed E-state index contributed by atoms with van der Waals surface area (Å²) in [5.74, 6) is 1.94. The molecule has 0 bridgehead atoms. The van der Waals surface area contributed by atoms with Crippen molar-refractivity contribution in [1.82, 2.24) is 9.97 Å². The van der Waals surface area contributed by atoms with Crippen LogP contribution in [-0.2, 0) is 0 Å². The minimum absolute atomic E-state index is 0.0546. The van der Waals surface area contributed by atoms with Crippen molar-refractivity contribution in [1.29, 1.82) is 0 Å². The molecule has 0 amide bonds. The molecule has 1 saturated carbocycles. The molecule has 1 aromatic rings. The van der Waals surface area contributed by atoms with E-state index >= 15 is 0 Å². The molecule has 2 unspecified atom stereocenters. The maximum absolute atomic E-state index is 6.19. The predicted molar refractivity (Wildman–Crippen MR) is 82.0 cm³/mol. The Morgan fingerprint density at radius 1 is 1.30 bits per heavy atom. The summed E-state index contributed by atoms with van der Waals surface area (Å²) in [7, 11) is 2.07. The first-order valence-electron chi connectivity index (χ1n) is 7.50. The van der Waals surface area contributed by atoms with E-state index in [4.69, 9.17) is 10.5 Å². The van der Waals surface area contributed by atoms with Crippen molar-refractivity contribution >= 4 is 11.5 Å². The van der Waals surface area contributed by atoms with E-state index in [0.29, 0.717) is 23.5 Å². The number of anilines is 2. The highest BCUT2D eigenvalue weighted by Gasteiger charge is 2.27. The topological polar surface area (TPSA) is 64.3 Å². The van der Waals surface area contributed by atoms with Gasteiger partial charge in [-0.1, -0.05) is 19.8 Å². The summed E-state index contributed by atoms with van der Waals surface area (Å²) in [6, 6.07) is 0.493. The molecule has 1 aliphatic rings. The summed E-state index contributed by atoms with van der Waals surface area (Å²) in [5.41, 5.74) is 6.74. The third-order valence-corrected chi connectivity index (χ3v) is 4.07. The van der Waals surface area contributed by atoms with Gasteiger partial charge < -0.3 is 15.4 Å². The van der Waals surface area contributed by atoms with Gasteiger partial charge in [0.1, 0.15) is 12.0 Å². The summed E-state index contributed by atoms with van der Waals surface area (Å²) >= 11 is 0. The summed E-state index contributed by atoms with van der Waals surface area (Å²) in [6.07, 6.45) is 6.66. The Morgan fingerprint density at radius 2 is 2.00 bits per heavy atom. The van der Waals surface area contributed by atoms with Crippen molar-refractivity contribution in [2.24, 2.45) is 5.92 Å². The summed E-state index contributed by atoms with van der Waals surface area (Å²) in [6.45, 7) is 6.24. The highest BCUT2D eigenvalue weighted by molar-refractivity contribution is 5.67. The van der Waals surface area contributed by atoms with Crippen molar-refractivity contribution in [3.63, 3.8) is 0 Å². The smallest absolute Gasteiger partial charge is 0.242 e. The second kappa shape index (κ2) is 6.29. The summed E-state index contributed by atoms with van der Waals surface area (Å²) in [4.78, 5) is 10.7. The number of nitrogen functional groups attached to an aromatic ring is 1. The number of nitrogens with zero attached hydrogens (tertiary/aromatic N) is 3. The molecule has 1 aliphatic carbocycles. The number of ether oxygens (including phenoxy) is 1. The van der Waals surface area contributed by atoms with Gasteiger partial charge in [-0.3, -0.25) is 0 Å². The van der Waals surface area contributed by atoms with Crippen LogP contribution in [0.3, 0.4) is 0 Å². The van der Waals surface area contributed by atoms with E-state index in [2.05, 4.69) is 28.8 Å². The average Bonchev–Trinajstić information content (AvgIpc) is 2.40. The second-order valence-corrected chi connectivity index (χ2v) is 6.02. The maximum atomic E-state index is 6.19. The van der Waals surface area contributed by atoms with Crippen molar-refractivity contribution < 1.29 is 4.74 Å². The molecule has 2 N–H and O–H groups in total. The Morgan fingerprint density at radius 3 is 2.65 bits per heavy atom. The lowest BCUT2D eigenvalue weighted by Crippen LogP contribution is -2.39. The van der Waals surface area contributed by atoms with Crippen LogP contribution in [0.1, 0.15) is 46.5 Å². The van der Waals surface area contributed by atoms with E-state index in [1.807, 2.05) is 13.8 Å². The Balaban J connectivity index is 2.23. The average molecular weight is 278 g/mol. The van der Waals surface area contributed by atoms with Gasteiger partial charge in [0.25, 0.3) is 0 Å². The molecule has 0 spiro atoms. The lowest BCUT2D eigenvalue weighted by atomic mass is 9.85. The first-order valence-corrected chi connectivity index (χ1v) is 7.50. The van der Waals surface area contributed by atoms with Gasteiger partial charge in [0.05, 0.1) is 6.10 Å². The monoisotopic (exact) mass is 278 g/mol. The Hall–Kier alpha value is -1.52. The van der Waals surface area contributed by atoms with E-state index in [-0.39, 0.29) is 6.10 Å². The van der Waals surface area contributed by atoms with Crippen molar-refractivity contribution in [3.05, 3.63) is 6.33 Å². The number of aromatic nitrogens is 2. The molecule has 20 heavy (non-hydrogen) atoms. The van der Waals surface area contributed by atoms with Crippen LogP contribution in [0.2, 0.25) is 0 Å². The standard InChI is InChI=1S/C15H26N4O/c1-10(2)20-15-13(16)14(17-9-18-15)19(4)12-8-6-5-7-11(12)3/h9-12H,5-8,16H2,1-4H3. The molecule has 1 fully saturated rings. The molecule has 1 aromatic heterocycles. The van der Waals surface area contributed by atoms with Gasteiger partial charge in [0, 0.05) is 13.1 Å². The van der Waals surface area contributed by atoms with Gasteiger partial charge in [-0.15, -0.1) is 0 Å². The first kappa shape index (κ1) is 14.9. The van der Waals surface area contributed by atoms with Crippen LogP contribution in [0.5, 0.6) is 5.88 Å². The van der Waals surface area contributed by atoms with Gasteiger partial charge >= 0.3 is 0 Å². The molecular weight excluding hydrogens is 252 g/mol. The molecule has 0 saturated heterocycles. The summed E-state index contributed by atoms with van der Waals surface area (Å²) in [5, 5.41) is 0. The minimum atomic E-state index is 0.0546. The highest BCUT2D eigenvalue weighted by atomic mass is 16.5. The van der Waals surface area contributed by atoms with Gasteiger partial charge in [-0.2, -0.15) is 4.98 Å². The Kier molecular flexibility index (Phi) is 4.68. The second-order valence-electron chi connectivity index (χ2n) is 6.02. The van der Waals surface area contributed by atoms with Crippen molar-refractivity contribution in [2.45, 2.75) is 58.6 Å². The van der Waals surface area contributed by atoms with E-state index in [9.17, 15) is 0 Å². The van der Waals surface area contributed by atoms with Crippen LogP contribution in [0.4, 0.5) is 11.5 Å². The van der Waals surface area contributed by atoms with Crippen molar-refractivity contribution in [3.8, 4) is 5.88 Å². The molecule has 5 heteroatoms. The third-order valence-electron chi connectivity index (χ3n) is 4.07. The van der Waals surface area contributed by atoms with E-state index in [0.717, 1.165) is 5.82 Å². The maximum Gasteiger partial charge on any atom is 0.242 e. The van der Waals surface area contributed by atoms with Gasteiger partial charge in [-0.05, 0) is 32.6 Å². The van der Waals surface area contributed by atoms with Gasteiger partial charge in [0.2, 0.25) is 5.88 Å².